The Balaban J connectivity index is 1.84. The third-order valence-electron chi connectivity index (χ3n) is 5.11. The highest BCUT2D eigenvalue weighted by atomic mass is 19.4. The van der Waals surface area contributed by atoms with E-state index in [9.17, 15) is 13.2 Å². The van der Waals surface area contributed by atoms with Crippen molar-refractivity contribution in [2.24, 2.45) is 0 Å². The van der Waals surface area contributed by atoms with Gasteiger partial charge >= 0.3 is 6.18 Å². The maximum atomic E-state index is 12.9. The maximum absolute atomic E-state index is 12.9. The molecule has 2 aromatic carbocycles. The lowest BCUT2D eigenvalue weighted by Gasteiger charge is -2.19. The number of methoxy groups -OCH3 is 2. The zero-order chi connectivity index (χ0) is 19.2. The van der Waals surface area contributed by atoms with E-state index in [1.807, 2.05) is 6.07 Å². The van der Waals surface area contributed by atoms with Crippen LogP contribution in [0.25, 0.3) is 10.9 Å². The Hall–Kier alpha value is -2.83. The summed E-state index contributed by atoms with van der Waals surface area (Å²) in [6, 6.07) is 8.95. The Morgan fingerprint density at radius 2 is 1.56 bits per heavy atom. The molecule has 1 fully saturated rings. The van der Waals surface area contributed by atoms with Crippen molar-refractivity contribution < 1.29 is 22.6 Å². The molecule has 4 rings (SSSR count). The second-order valence-electron chi connectivity index (χ2n) is 6.60. The summed E-state index contributed by atoms with van der Waals surface area (Å²) in [5, 5.41) is 0.813. The zero-order valence-corrected chi connectivity index (χ0v) is 14.8. The number of halogens is 3. The van der Waals surface area contributed by atoms with Crippen LogP contribution in [0.1, 0.15) is 29.7 Å². The summed E-state index contributed by atoms with van der Waals surface area (Å²) in [7, 11) is 3.10. The molecule has 0 spiro atoms. The largest absolute Gasteiger partial charge is 0.493 e. The van der Waals surface area contributed by atoms with Crippen molar-refractivity contribution in [3.05, 3.63) is 59.5 Å². The van der Waals surface area contributed by atoms with E-state index < -0.39 is 17.2 Å². The standard InChI is InChI=1S/C20H17F3N2O2/c1-26-16-9-14-15(10-17(16)27-2)24-11-25-18(14)19(7-8-19)12-3-5-13(6-4-12)20(21,22)23/h3-6,9-11H,7-8H2,1-2H3. The molecule has 0 N–H and O–H groups in total. The summed E-state index contributed by atoms with van der Waals surface area (Å²) < 4.78 is 49.3. The van der Waals surface area contributed by atoms with E-state index in [2.05, 4.69) is 9.97 Å². The van der Waals surface area contributed by atoms with E-state index >= 15 is 0 Å². The lowest BCUT2D eigenvalue weighted by molar-refractivity contribution is -0.137. The molecule has 27 heavy (non-hydrogen) atoms. The molecule has 1 aromatic heterocycles. The number of hydrogen-bond donors (Lipinski definition) is 0. The highest BCUT2D eigenvalue weighted by Crippen LogP contribution is 2.55. The first-order valence-corrected chi connectivity index (χ1v) is 8.44. The predicted molar refractivity (Wildman–Crippen MR) is 94.1 cm³/mol. The molecule has 1 heterocycles. The molecule has 1 saturated carbocycles. The Kier molecular flexibility index (Phi) is 3.98. The summed E-state index contributed by atoms with van der Waals surface area (Å²) in [5.41, 5.74) is 1.28. The first-order valence-electron chi connectivity index (χ1n) is 8.44. The van der Waals surface area contributed by atoms with E-state index in [-0.39, 0.29) is 0 Å². The minimum absolute atomic E-state index is 0.398. The smallest absolute Gasteiger partial charge is 0.416 e. The average molecular weight is 374 g/mol. The van der Waals surface area contributed by atoms with Crippen molar-refractivity contribution in [2.75, 3.05) is 14.2 Å². The van der Waals surface area contributed by atoms with Crippen LogP contribution < -0.4 is 9.47 Å². The van der Waals surface area contributed by atoms with Crippen LogP contribution in [-0.4, -0.2) is 24.2 Å². The molecule has 0 aliphatic heterocycles. The molecule has 1 aliphatic carbocycles. The number of nitrogens with zero attached hydrogens (tertiary/aromatic N) is 2. The van der Waals surface area contributed by atoms with Crippen molar-refractivity contribution in [1.82, 2.24) is 9.97 Å². The number of alkyl halides is 3. The van der Waals surface area contributed by atoms with Crippen LogP contribution in [0.4, 0.5) is 13.2 Å². The van der Waals surface area contributed by atoms with Crippen molar-refractivity contribution in [1.29, 1.82) is 0 Å². The first-order chi connectivity index (χ1) is 12.9. The lowest BCUT2D eigenvalue weighted by Crippen LogP contribution is -2.13. The number of fused-ring (bicyclic) bond motifs is 1. The van der Waals surface area contributed by atoms with Crippen LogP contribution in [-0.2, 0) is 11.6 Å². The van der Waals surface area contributed by atoms with Gasteiger partial charge in [-0.1, -0.05) is 12.1 Å². The normalized spacial score (nSPS) is 15.6. The molecule has 0 atom stereocenters. The van der Waals surface area contributed by atoms with Gasteiger partial charge in [-0.3, -0.25) is 0 Å². The number of ether oxygens (including phenoxy) is 2. The fourth-order valence-electron chi connectivity index (χ4n) is 3.53. The van der Waals surface area contributed by atoms with Gasteiger partial charge in [0.05, 0.1) is 31.0 Å². The van der Waals surface area contributed by atoms with E-state index in [4.69, 9.17) is 9.47 Å². The zero-order valence-electron chi connectivity index (χ0n) is 14.8. The van der Waals surface area contributed by atoms with Crippen molar-refractivity contribution in [3.8, 4) is 11.5 Å². The quantitative estimate of drug-likeness (QED) is 0.661. The highest BCUT2D eigenvalue weighted by molar-refractivity contribution is 5.86. The summed E-state index contributed by atoms with van der Waals surface area (Å²) in [6.45, 7) is 0. The van der Waals surface area contributed by atoms with Crippen molar-refractivity contribution in [2.45, 2.75) is 24.4 Å². The molecule has 0 unspecified atom stereocenters. The molecule has 3 aromatic rings. The second kappa shape index (κ2) is 6.11. The lowest BCUT2D eigenvalue weighted by atomic mass is 9.89. The first kappa shape index (κ1) is 17.6. The molecule has 0 saturated heterocycles. The van der Waals surface area contributed by atoms with Gasteiger partial charge in [-0.05, 0) is 36.6 Å². The van der Waals surface area contributed by atoms with Crippen LogP contribution >= 0.6 is 0 Å². The molecule has 0 bridgehead atoms. The Morgan fingerprint density at radius 1 is 0.926 bits per heavy atom. The minimum Gasteiger partial charge on any atom is -0.493 e. The van der Waals surface area contributed by atoms with Crippen molar-refractivity contribution >= 4 is 10.9 Å². The topological polar surface area (TPSA) is 44.2 Å². The van der Waals surface area contributed by atoms with Crippen LogP contribution in [0.3, 0.4) is 0 Å². The third-order valence-corrected chi connectivity index (χ3v) is 5.11. The summed E-state index contributed by atoms with van der Waals surface area (Å²) >= 11 is 0. The van der Waals surface area contributed by atoms with E-state index in [1.54, 1.807) is 32.4 Å². The maximum Gasteiger partial charge on any atom is 0.416 e. The van der Waals surface area contributed by atoms with Crippen LogP contribution in [0.5, 0.6) is 11.5 Å². The molecular formula is C20H17F3N2O2. The van der Waals surface area contributed by atoms with Gasteiger partial charge in [0, 0.05) is 16.9 Å². The Labute approximate surface area is 154 Å². The van der Waals surface area contributed by atoms with Gasteiger partial charge in [-0.2, -0.15) is 13.2 Å². The van der Waals surface area contributed by atoms with Gasteiger partial charge in [-0.15, -0.1) is 0 Å². The van der Waals surface area contributed by atoms with Crippen LogP contribution in [0.2, 0.25) is 0 Å². The van der Waals surface area contributed by atoms with Crippen molar-refractivity contribution in [3.63, 3.8) is 0 Å². The number of rotatable bonds is 4. The molecule has 140 valence electrons. The Bertz CT molecular complexity index is 997. The molecule has 1 aliphatic rings. The van der Waals surface area contributed by atoms with E-state index in [0.29, 0.717) is 17.0 Å². The number of hydrogen-bond acceptors (Lipinski definition) is 4. The van der Waals surface area contributed by atoms with Gasteiger partial charge < -0.3 is 9.47 Å². The van der Waals surface area contributed by atoms with E-state index in [0.717, 1.165) is 41.6 Å². The van der Waals surface area contributed by atoms with Gasteiger partial charge in [0.25, 0.3) is 0 Å². The number of benzene rings is 2. The average Bonchev–Trinajstić information content (AvgIpc) is 3.47. The molecular weight excluding hydrogens is 357 g/mol. The second-order valence-corrected chi connectivity index (χ2v) is 6.60. The number of aromatic nitrogens is 2. The molecule has 4 nitrogen and oxygen atoms in total. The van der Waals surface area contributed by atoms with Gasteiger partial charge in [0.1, 0.15) is 6.33 Å². The molecule has 0 amide bonds. The van der Waals surface area contributed by atoms with Crippen LogP contribution in [0, 0.1) is 0 Å². The van der Waals surface area contributed by atoms with Gasteiger partial charge in [-0.25, -0.2) is 9.97 Å². The fourth-order valence-corrected chi connectivity index (χ4v) is 3.53. The minimum atomic E-state index is -4.35. The monoisotopic (exact) mass is 374 g/mol. The summed E-state index contributed by atoms with van der Waals surface area (Å²) in [6.07, 6.45) is -1.23. The SMILES string of the molecule is COc1cc2ncnc(C3(c4ccc(C(F)(F)F)cc4)CC3)c2cc1OC. The fraction of sp³-hybridized carbons (Fsp3) is 0.300. The highest BCUT2D eigenvalue weighted by Gasteiger charge is 2.48. The Morgan fingerprint density at radius 3 is 2.11 bits per heavy atom. The van der Waals surface area contributed by atoms with E-state index in [1.165, 1.54) is 6.33 Å². The third kappa shape index (κ3) is 2.87. The van der Waals surface area contributed by atoms with Gasteiger partial charge in [0.2, 0.25) is 0 Å². The summed E-state index contributed by atoms with van der Waals surface area (Å²) in [5.74, 6) is 1.12. The van der Waals surface area contributed by atoms with Gasteiger partial charge in [0.15, 0.2) is 11.5 Å². The van der Waals surface area contributed by atoms with Crippen LogP contribution in [0.15, 0.2) is 42.7 Å². The molecule has 7 heteroatoms. The summed E-state index contributed by atoms with van der Waals surface area (Å²) in [4.78, 5) is 8.80. The predicted octanol–water partition coefficient (Wildman–Crippen LogP) is 4.75. The molecule has 0 radical (unpaired) electrons.